The molecule has 0 heterocycles. The van der Waals surface area contributed by atoms with Gasteiger partial charge in [0.25, 0.3) is 0 Å². The van der Waals surface area contributed by atoms with Gasteiger partial charge in [-0.25, -0.2) is 0 Å². The molecular weight excluding hydrogens is 200 g/mol. The van der Waals surface area contributed by atoms with E-state index in [4.69, 9.17) is 10.1 Å². The fourth-order valence-corrected chi connectivity index (χ4v) is 1.42. The minimum absolute atomic E-state index is 0.422. The van der Waals surface area contributed by atoms with Gasteiger partial charge >= 0.3 is 5.69 Å². The Morgan fingerprint density at radius 1 is 0.938 bits per heavy atom. The molecule has 0 saturated heterocycles. The van der Waals surface area contributed by atoms with Crippen LogP contribution in [0.4, 0.5) is 5.69 Å². The van der Waals surface area contributed by atoms with Crippen molar-refractivity contribution >= 4 is 5.69 Å². The van der Waals surface area contributed by atoms with Crippen molar-refractivity contribution in [1.29, 1.82) is 5.39 Å². The highest BCUT2D eigenvalue weighted by Crippen LogP contribution is 2.32. The van der Waals surface area contributed by atoms with Crippen LogP contribution in [-0.2, 0) is 0 Å². The second-order valence-corrected chi connectivity index (χ2v) is 3.44. The summed E-state index contributed by atoms with van der Waals surface area (Å²) in [6.07, 6.45) is 0. The smallest absolute Gasteiger partial charge is 0.426 e. The molecule has 0 N–H and O–H groups in total. The molecule has 2 aromatic rings. The first-order valence-corrected chi connectivity index (χ1v) is 4.99. The lowest BCUT2D eigenvalue weighted by Gasteiger charge is -2.05. The quantitative estimate of drug-likeness (QED) is 0.695. The number of diazo groups is 1. The maximum absolute atomic E-state index is 8.81. The summed E-state index contributed by atoms with van der Waals surface area (Å²) in [5.41, 5.74) is 1.46. The zero-order valence-electron chi connectivity index (χ0n) is 8.92. The third-order valence-electron chi connectivity index (χ3n) is 2.29. The number of para-hydroxylation sites is 2. The van der Waals surface area contributed by atoms with Crippen molar-refractivity contribution in [3.05, 3.63) is 59.1 Å². The Bertz CT molecular complexity index is 544. The van der Waals surface area contributed by atoms with Gasteiger partial charge in [0.15, 0.2) is 4.98 Å². The van der Waals surface area contributed by atoms with Gasteiger partial charge in [-0.3, -0.25) is 0 Å². The molecule has 0 aliphatic heterocycles. The molecule has 0 aliphatic carbocycles. The van der Waals surface area contributed by atoms with Crippen LogP contribution in [0.15, 0.2) is 48.5 Å². The van der Waals surface area contributed by atoms with E-state index in [1.807, 2.05) is 37.3 Å². The highest BCUT2D eigenvalue weighted by molar-refractivity contribution is 5.58. The second-order valence-electron chi connectivity index (χ2n) is 3.44. The van der Waals surface area contributed by atoms with Crippen LogP contribution in [-0.4, -0.2) is 0 Å². The SMILES string of the molecule is Cc1ccccc1Oc1ccccc1[N+]#N. The predicted octanol–water partition coefficient (Wildman–Crippen LogP) is 4.27. The fourth-order valence-electron chi connectivity index (χ4n) is 1.42. The van der Waals surface area contributed by atoms with Crippen molar-refractivity contribution < 1.29 is 4.74 Å². The van der Waals surface area contributed by atoms with E-state index >= 15 is 0 Å². The zero-order valence-corrected chi connectivity index (χ0v) is 8.92. The Morgan fingerprint density at radius 3 is 2.25 bits per heavy atom. The summed E-state index contributed by atoms with van der Waals surface area (Å²) < 4.78 is 5.68. The van der Waals surface area contributed by atoms with E-state index in [2.05, 4.69) is 4.98 Å². The van der Waals surface area contributed by atoms with Crippen LogP contribution in [0.3, 0.4) is 0 Å². The number of aryl methyl sites for hydroxylation is 1. The molecule has 0 unspecified atom stereocenters. The molecule has 16 heavy (non-hydrogen) atoms. The molecule has 78 valence electrons. The summed E-state index contributed by atoms with van der Waals surface area (Å²) in [7, 11) is 0. The standard InChI is InChI=1S/C13H11N2O/c1-10-6-2-4-8-12(10)16-13-9-5-3-7-11(13)15-14/h2-9H,1H3/q+1. The van der Waals surface area contributed by atoms with Crippen LogP contribution < -0.4 is 4.74 Å². The van der Waals surface area contributed by atoms with Crippen LogP contribution in [0.25, 0.3) is 4.98 Å². The van der Waals surface area contributed by atoms with Crippen LogP contribution in [0.2, 0.25) is 0 Å². The topological polar surface area (TPSA) is 37.4 Å². The van der Waals surface area contributed by atoms with Gasteiger partial charge in [-0.15, -0.1) is 0 Å². The molecule has 0 atom stereocenters. The normalized spacial score (nSPS) is 9.50. The molecule has 0 radical (unpaired) electrons. The van der Waals surface area contributed by atoms with Gasteiger partial charge in [-0.2, -0.15) is 0 Å². The van der Waals surface area contributed by atoms with Crippen molar-refractivity contribution in [3.63, 3.8) is 0 Å². The Labute approximate surface area is 93.9 Å². The molecule has 0 amide bonds. The second kappa shape index (κ2) is 4.45. The largest absolute Gasteiger partial charge is 0.449 e. The Morgan fingerprint density at radius 2 is 1.56 bits per heavy atom. The van der Waals surface area contributed by atoms with E-state index in [0.717, 1.165) is 11.3 Å². The van der Waals surface area contributed by atoms with Crippen LogP contribution in [0.1, 0.15) is 5.56 Å². The Kier molecular flexibility index (Phi) is 2.84. The number of hydrogen-bond acceptors (Lipinski definition) is 2. The maximum atomic E-state index is 8.81. The monoisotopic (exact) mass is 211 g/mol. The van der Waals surface area contributed by atoms with Gasteiger partial charge in [0.1, 0.15) is 5.75 Å². The number of hydrogen-bond donors (Lipinski definition) is 0. The van der Waals surface area contributed by atoms with Crippen LogP contribution in [0, 0.1) is 12.3 Å². The maximum Gasteiger partial charge on any atom is 0.426 e. The van der Waals surface area contributed by atoms with E-state index in [0.29, 0.717) is 11.4 Å². The molecule has 0 bridgehead atoms. The summed E-state index contributed by atoms with van der Waals surface area (Å²) in [6, 6.07) is 14.8. The molecule has 0 saturated carbocycles. The summed E-state index contributed by atoms with van der Waals surface area (Å²) in [4.78, 5) is 3.17. The lowest BCUT2D eigenvalue weighted by Crippen LogP contribution is -1.86. The minimum Gasteiger partial charge on any atom is -0.449 e. The molecule has 2 aromatic carbocycles. The molecule has 2 rings (SSSR count). The van der Waals surface area contributed by atoms with Crippen molar-refractivity contribution in [3.8, 4) is 11.5 Å². The Hall–Kier alpha value is -2.34. The molecule has 0 aliphatic rings. The first kappa shape index (κ1) is 10.2. The highest BCUT2D eigenvalue weighted by atomic mass is 16.5. The Balaban J connectivity index is 2.35. The van der Waals surface area contributed by atoms with Gasteiger partial charge in [-0.05, 0) is 24.6 Å². The minimum atomic E-state index is 0.422. The van der Waals surface area contributed by atoms with E-state index in [1.54, 1.807) is 18.2 Å². The molecule has 0 spiro atoms. The number of benzene rings is 2. The number of ether oxygens (including phenoxy) is 1. The average molecular weight is 211 g/mol. The molecule has 3 heteroatoms. The summed E-state index contributed by atoms with van der Waals surface area (Å²) in [5.74, 6) is 1.30. The third-order valence-corrected chi connectivity index (χ3v) is 2.29. The molecular formula is C13H11N2O+. The summed E-state index contributed by atoms with van der Waals surface area (Å²) in [6.45, 7) is 1.97. The lowest BCUT2D eigenvalue weighted by molar-refractivity contribution is 0.481. The van der Waals surface area contributed by atoms with Crippen molar-refractivity contribution in [1.82, 2.24) is 0 Å². The van der Waals surface area contributed by atoms with Crippen molar-refractivity contribution in [2.75, 3.05) is 0 Å². The summed E-state index contributed by atoms with van der Waals surface area (Å²) in [5, 5.41) is 8.81. The van der Waals surface area contributed by atoms with Gasteiger partial charge in [0, 0.05) is 6.07 Å². The van der Waals surface area contributed by atoms with Gasteiger partial charge in [0.05, 0.1) is 0 Å². The van der Waals surface area contributed by atoms with Crippen LogP contribution in [0.5, 0.6) is 11.5 Å². The zero-order chi connectivity index (χ0) is 11.4. The van der Waals surface area contributed by atoms with E-state index < -0.39 is 0 Å². The van der Waals surface area contributed by atoms with Crippen molar-refractivity contribution in [2.24, 2.45) is 0 Å². The van der Waals surface area contributed by atoms with Gasteiger partial charge < -0.3 is 4.74 Å². The molecule has 0 fully saturated rings. The highest BCUT2D eigenvalue weighted by Gasteiger charge is 2.14. The van der Waals surface area contributed by atoms with E-state index in [1.165, 1.54) is 0 Å². The molecule has 0 aromatic heterocycles. The predicted molar refractivity (Wildman–Crippen MR) is 62.4 cm³/mol. The van der Waals surface area contributed by atoms with Crippen molar-refractivity contribution in [2.45, 2.75) is 6.92 Å². The molecule has 3 nitrogen and oxygen atoms in total. The van der Waals surface area contributed by atoms with E-state index in [-0.39, 0.29) is 0 Å². The number of rotatable bonds is 2. The fraction of sp³-hybridized carbons (Fsp3) is 0.0769. The lowest BCUT2D eigenvalue weighted by atomic mass is 10.2. The third kappa shape index (κ3) is 2.01. The summed E-state index contributed by atoms with van der Waals surface area (Å²) >= 11 is 0. The van der Waals surface area contributed by atoms with Crippen LogP contribution >= 0.6 is 0 Å². The average Bonchev–Trinajstić information content (AvgIpc) is 2.33. The van der Waals surface area contributed by atoms with Gasteiger partial charge in [0.2, 0.25) is 11.1 Å². The van der Waals surface area contributed by atoms with E-state index in [9.17, 15) is 0 Å². The first-order chi connectivity index (χ1) is 7.81. The first-order valence-electron chi connectivity index (χ1n) is 4.99. The van der Waals surface area contributed by atoms with Gasteiger partial charge in [-0.1, -0.05) is 30.3 Å². The number of nitrogens with zero attached hydrogens (tertiary/aromatic N) is 2.